The first-order chi connectivity index (χ1) is 10.8. The number of morpholine rings is 1. The molecule has 1 saturated heterocycles. The van der Waals surface area contributed by atoms with Crippen LogP contribution in [0.2, 0.25) is 0 Å². The van der Waals surface area contributed by atoms with Gasteiger partial charge < -0.3 is 14.7 Å². The maximum Gasteiger partial charge on any atom is 0.317 e. The second kappa shape index (κ2) is 7.62. The van der Waals surface area contributed by atoms with Crippen LogP contribution in [-0.2, 0) is 14.3 Å². The molecule has 2 rings (SSSR count). The zero-order valence-corrected chi connectivity index (χ0v) is 14.6. The molecule has 6 nitrogen and oxygen atoms in total. The van der Waals surface area contributed by atoms with E-state index in [1.807, 2.05) is 4.90 Å². The number of rotatable bonds is 7. The molecule has 1 atom stereocenters. The van der Waals surface area contributed by atoms with Crippen molar-refractivity contribution >= 4 is 11.9 Å². The first-order valence-electron chi connectivity index (χ1n) is 8.64. The molecule has 1 aliphatic heterocycles. The zero-order chi connectivity index (χ0) is 17.0. The van der Waals surface area contributed by atoms with Crippen LogP contribution in [0.4, 0.5) is 0 Å². The van der Waals surface area contributed by atoms with E-state index in [2.05, 4.69) is 13.8 Å². The molecule has 1 amide bonds. The van der Waals surface area contributed by atoms with Gasteiger partial charge in [-0.1, -0.05) is 20.3 Å². The van der Waals surface area contributed by atoms with Crippen molar-refractivity contribution in [1.29, 1.82) is 0 Å². The van der Waals surface area contributed by atoms with Gasteiger partial charge in [0.1, 0.15) is 0 Å². The Bertz CT molecular complexity index is 434. The third-order valence-corrected chi connectivity index (χ3v) is 4.91. The molecule has 1 aliphatic carbocycles. The topological polar surface area (TPSA) is 70.1 Å². The van der Waals surface area contributed by atoms with Gasteiger partial charge in [-0.15, -0.1) is 0 Å². The number of carbonyl (C=O) groups excluding carboxylic acids is 1. The molecule has 1 heterocycles. The lowest BCUT2D eigenvalue weighted by Crippen LogP contribution is -2.55. The first-order valence-corrected chi connectivity index (χ1v) is 8.64. The SMILES string of the molecule is CC(C)CC1(C(=O)N2CCO[C@@H](CN(C)CC(=O)O)C2)CCC1. The van der Waals surface area contributed by atoms with Gasteiger partial charge in [0, 0.05) is 25.0 Å². The summed E-state index contributed by atoms with van der Waals surface area (Å²) in [6.45, 7) is 6.64. The number of amides is 1. The predicted octanol–water partition coefficient (Wildman–Crippen LogP) is 1.45. The van der Waals surface area contributed by atoms with Crippen molar-refractivity contribution in [1.82, 2.24) is 9.80 Å². The normalized spacial score (nSPS) is 23.9. The van der Waals surface area contributed by atoms with Gasteiger partial charge in [-0.25, -0.2) is 0 Å². The van der Waals surface area contributed by atoms with E-state index < -0.39 is 5.97 Å². The van der Waals surface area contributed by atoms with Gasteiger partial charge in [0.25, 0.3) is 0 Å². The van der Waals surface area contributed by atoms with Gasteiger partial charge in [-0.05, 0) is 32.2 Å². The average Bonchev–Trinajstić information content (AvgIpc) is 2.41. The third-order valence-electron chi connectivity index (χ3n) is 4.91. The highest BCUT2D eigenvalue weighted by Crippen LogP contribution is 2.47. The molecule has 23 heavy (non-hydrogen) atoms. The summed E-state index contributed by atoms with van der Waals surface area (Å²) in [5.74, 6) is -0.0361. The van der Waals surface area contributed by atoms with Gasteiger partial charge in [-0.2, -0.15) is 0 Å². The molecule has 132 valence electrons. The summed E-state index contributed by atoms with van der Waals surface area (Å²) < 4.78 is 5.73. The van der Waals surface area contributed by atoms with E-state index in [1.165, 1.54) is 0 Å². The van der Waals surface area contributed by atoms with Crippen LogP contribution < -0.4 is 0 Å². The zero-order valence-electron chi connectivity index (χ0n) is 14.6. The van der Waals surface area contributed by atoms with Crippen LogP contribution in [-0.4, -0.2) is 72.7 Å². The van der Waals surface area contributed by atoms with Gasteiger partial charge >= 0.3 is 5.97 Å². The van der Waals surface area contributed by atoms with Crippen molar-refractivity contribution in [3.05, 3.63) is 0 Å². The summed E-state index contributed by atoms with van der Waals surface area (Å²) in [4.78, 5) is 27.4. The molecule has 2 fully saturated rings. The number of hydrogen-bond acceptors (Lipinski definition) is 4. The first kappa shape index (κ1) is 18.2. The fourth-order valence-electron chi connectivity index (χ4n) is 3.88. The van der Waals surface area contributed by atoms with E-state index in [0.717, 1.165) is 25.7 Å². The summed E-state index contributed by atoms with van der Waals surface area (Å²) in [5.41, 5.74) is -0.150. The third kappa shape index (κ3) is 4.67. The molecular weight excluding hydrogens is 296 g/mol. The molecule has 0 unspecified atom stereocenters. The molecule has 2 aliphatic rings. The fraction of sp³-hybridized carbons (Fsp3) is 0.882. The van der Waals surface area contributed by atoms with Crippen LogP contribution >= 0.6 is 0 Å². The van der Waals surface area contributed by atoms with Crippen LogP contribution in [0.5, 0.6) is 0 Å². The smallest absolute Gasteiger partial charge is 0.317 e. The Morgan fingerprint density at radius 3 is 2.61 bits per heavy atom. The Morgan fingerprint density at radius 2 is 2.09 bits per heavy atom. The number of ether oxygens (including phenoxy) is 1. The van der Waals surface area contributed by atoms with Crippen molar-refractivity contribution < 1.29 is 19.4 Å². The van der Waals surface area contributed by atoms with Crippen LogP contribution in [0.15, 0.2) is 0 Å². The molecule has 0 spiro atoms. The van der Waals surface area contributed by atoms with E-state index in [-0.39, 0.29) is 24.0 Å². The van der Waals surface area contributed by atoms with Crippen LogP contribution in [0.1, 0.15) is 39.5 Å². The Labute approximate surface area is 138 Å². The van der Waals surface area contributed by atoms with Gasteiger partial charge in [0.15, 0.2) is 0 Å². The Hall–Kier alpha value is -1.14. The second-order valence-electron chi connectivity index (χ2n) is 7.57. The lowest BCUT2D eigenvalue weighted by atomic mass is 9.63. The molecule has 0 bridgehead atoms. The predicted molar refractivity (Wildman–Crippen MR) is 87.2 cm³/mol. The summed E-state index contributed by atoms with van der Waals surface area (Å²) in [5, 5.41) is 8.84. The monoisotopic (exact) mass is 326 g/mol. The lowest BCUT2D eigenvalue weighted by molar-refractivity contribution is -0.157. The molecule has 1 N–H and O–H groups in total. The second-order valence-corrected chi connectivity index (χ2v) is 7.57. The highest BCUT2D eigenvalue weighted by molar-refractivity contribution is 5.83. The number of aliphatic carboxylic acids is 1. The Balaban J connectivity index is 1.92. The van der Waals surface area contributed by atoms with E-state index in [0.29, 0.717) is 32.2 Å². The minimum Gasteiger partial charge on any atom is -0.480 e. The molecule has 6 heteroatoms. The summed E-state index contributed by atoms with van der Waals surface area (Å²) in [6.07, 6.45) is 4.02. The van der Waals surface area contributed by atoms with E-state index in [9.17, 15) is 9.59 Å². The largest absolute Gasteiger partial charge is 0.480 e. The highest BCUT2D eigenvalue weighted by Gasteiger charge is 2.47. The molecule has 0 radical (unpaired) electrons. The minimum absolute atomic E-state index is 0.00884. The maximum atomic E-state index is 13.0. The summed E-state index contributed by atoms with van der Waals surface area (Å²) >= 11 is 0. The van der Waals surface area contributed by atoms with Crippen LogP contribution in [0.25, 0.3) is 0 Å². The van der Waals surface area contributed by atoms with Gasteiger partial charge in [-0.3, -0.25) is 14.5 Å². The number of nitrogens with zero attached hydrogens (tertiary/aromatic N) is 2. The maximum absolute atomic E-state index is 13.0. The molecule has 0 aromatic carbocycles. The molecular formula is C17H30N2O4. The number of carboxylic acid groups (broad SMARTS) is 1. The van der Waals surface area contributed by atoms with Crippen LogP contribution in [0.3, 0.4) is 0 Å². The molecule has 0 aromatic rings. The number of hydrogen-bond donors (Lipinski definition) is 1. The van der Waals surface area contributed by atoms with Crippen LogP contribution in [0, 0.1) is 11.3 Å². The molecule has 1 saturated carbocycles. The van der Waals surface area contributed by atoms with E-state index in [4.69, 9.17) is 9.84 Å². The number of carbonyl (C=O) groups is 2. The van der Waals surface area contributed by atoms with Crippen molar-refractivity contribution in [2.24, 2.45) is 11.3 Å². The summed E-state index contributed by atoms with van der Waals surface area (Å²) in [7, 11) is 1.77. The lowest BCUT2D eigenvalue weighted by Gasteiger charge is -2.46. The standard InChI is InChI=1S/C17H30N2O4/c1-13(2)9-17(5-4-6-17)16(22)19-7-8-23-14(11-19)10-18(3)12-15(20)21/h13-14H,4-12H2,1-3H3,(H,20,21)/t14-/m0/s1. The van der Waals surface area contributed by atoms with Crippen molar-refractivity contribution in [3.8, 4) is 0 Å². The minimum atomic E-state index is -0.846. The van der Waals surface area contributed by atoms with Gasteiger partial charge in [0.2, 0.25) is 5.91 Å². The van der Waals surface area contributed by atoms with Crippen molar-refractivity contribution in [2.45, 2.75) is 45.6 Å². The summed E-state index contributed by atoms with van der Waals surface area (Å²) in [6, 6.07) is 0. The Kier molecular flexibility index (Phi) is 6.03. The highest BCUT2D eigenvalue weighted by atomic mass is 16.5. The van der Waals surface area contributed by atoms with Crippen molar-refractivity contribution in [3.63, 3.8) is 0 Å². The van der Waals surface area contributed by atoms with Gasteiger partial charge in [0.05, 0.1) is 19.3 Å². The quantitative estimate of drug-likeness (QED) is 0.767. The fourth-order valence-corrected chi connectivity index (χ4v) is 3.88. The average molecular weight is 326 g/mol. The van der Waals surface area contributed by atoms with Crippen molar-refractivity contribution in [2.75, 3.05) is 39.8 Å². The van der Waals surface area contributed by atoms with E-state index >= 15 is 0 Å². The number of carboxylic acids is 1. The van der Waals surface area contributed by atoms with E-state index in [1.54, 1.807) is 11.9 Å². The number of likely N-dealkylation sites (N-methyl/N-ethyl adjacent to an activating group) is 1. The molecule has 0 aromatic heterocycles. The Morgan fingerprint density at radius 1 is 1.39 bits per heavy atom.